The number of esters is 1. The molecule has 1 heterocycles. The lowest BCUT2D eigenvalue weighted by molar-refractivity contribution is -0.123. The van der Waals surface area contributed by atoms with Gasteiger partial charge in [-0.3, -0.25) is 14.5 Å². The van der Waals surface area contributed by atoms with Crippen LogP contribution in [0.5, 0.6) is 11.5 Å². The summed E-state index contributed by atoms with van der Waals surface area (Å²) in [5.41, 5.74) is 0.966. The number of hydrogen-bond acceptors (Lipinski definition) is 6. The topological polar surface area (TPSA) is 72.9 Å². The fourth-order valence-corrected chi connectivity index (χ4v) is 5.51. The summed E-state index contributed by atoms with van der Waals surface area (Å²) in [6.07, 6.45) is 1.59. The van der Waals surface area contributed by atoms with Gasteiger partial charge in [0.05, 0.1) is 17.0 Å². The highest BCUT2D eigenvalue weighted by Gasteiger charge is 2.35. The van der Waals surface area contributed by atoms with Crippen LogP contribution in [0, 0.1) is 0 Å². The summed E-state index contributed by atoms with van der Waals surface area (Å²) in [5.74, 6) is 0.0807. The fourth-order valence-electron chi connectivity index (χ4n) is 4.65. The van der Waals surface area contributed by atoms with Gasteiger partial charge in [0.25, 0.3) is 11.1 Å². The number of imide groups is 1. The molecule has 6 nitrogen and oxygen atoms in total. The number of thioether (sulfide) groups is 1. The second-order valence-corrected chi connectivity index (χ2v) is 10.1. The van der Waals surface area contributed by atoms with Crippen LogP contribution in [0.15, 0.2) is 114 Å². The molecule has 5 aromatic carbocycles. The molecule has 1 saturated heterocycles. The number of amides is 2. The van der Waals surface area contributed by atoms with Gasteiger partial charge >= 0.3 is 5.97 Å². The molecule has 0 bridgehead atoms. The molecule has 0 aliphatic carbocycles. The Morgan fingerprint density at radius 3 is 2.17 bits per heavy atom. The summed E-state index contributed by atoms with van der Waals surface area (Å²) in [6, 6.07) is 33.6. The van der Waals surface area contributed by atoms with Crippen LogP contribution in [0.25, 0.3) is 27.6 Å². The van der Waals surface area contributed by atoms with E-state index in [9.17, 15) is 14.4 Å². The molecule has 7 heteroatoms. The van der Waals surface area contributed by atoms with E-state index in [0.29, 0.717) is 22.6 Å². The quantitative estimate of drug-likeness (QED) is 0.121. The van der Waals surface area contributed by atoms with Gasteiger partial charge in [-0.15, -0.1) is 0 Å². The Balaban J connectivity index is 1.17. The molecule has 0 atom stereocenters. The van der Waals surface area contributed by atoms with Crippen molar-refractivity contribution in [3.8, 4) is 11.5 Å². The second-order valence-electron chi connectivity index (χ2n) is 9.11. The average molecular weight is 546 g/mol. The molecule has 2 amide bonds. The van der Waals surface area contributed by atoms with Crippen LogP contribution in [0.3, 0.4) is 0 Å². The number of hydrogen-bond donors (Lipinski definition) is 0. The summed E-state index contributed by atoms with van der Waals surface area (Å²) in [6.45, 7) is 0.279. The van der Waals surface area contributed by atoms with E-state index in [0.717, 1.165) is 33.3 Å². The number of benzene rings is 5. The lowest BCUT2D eigenvalue weighted by Gasteiger charge is -2.14. The average Bonchev–Trinajstić information content (AvgIpc) is 3.25. The molecular weight excluding hydrogens is 522 g/mol. The highest BCUT2D eigenvalue weighted by Crippen LogP contribution is 2.34. The lowest BCUT2D eigenvalue weighted by atomic mass is 10.0. The lowest BCUT2D eigenvalue weighted by Crippen LogP contribution is -2.32. The Bertz CT molecular complexity index is 1800. The zero-order valence-electron chi connectivity index (χ0n) is 21.3. The van der Waals surface area contributed by atoms with E-state index in [2.05, 4.69) is 0 Å². The number of carbonyl (C=O) groups is 3. The SMILES string of the molecule is O=C(Oc1ccccc1/C=C1\SC(=O)N(CCOc2cccc3ccccc23)C1=O)c1cccc2ccccc12. The Kier molecular flexibility index (Phi) is 7.04. The van der Waals surface area contributed by atoms with Crippen LogP contribution in [-0.4, -0.2) is 35.2 Å². The van der Waals surface area contributed by atoms with Crippen LogP contribution in [0.2, 0.25) is 0 Å². The summed E-state index contributed by atoms with van der Waals surface area (Å²) in [5, 5.41) is 3.37. The number of para-hydroxylation sites is 1. The highest BCUT2D eigenvalue weighted by atomic mass is 32.2. The third-order valence-corrected chi connectivity index (χ3v) is 7.52. The predicted molar refractivity (Wildman–Crippen MR) is 157 cm³/mol. The van der Waals surface area contributed by atoms with Gasteiger partial charge in [0.1, 0.15) is 18.1 Å². The van der Waals surface area contributed by atoms with E-state index >= 15 is 0 Å². The van der Waals surface area contributed by atoms with E-state index < -0.39 is 11.9 Å². The monoisotopic (exact) mass is 545 g/mol. The molecule has 6 rings (SSSR count). The zero-order valence-corrected chi connectivity index (χ0v) is 22.1. The number of nitrogens with zero attached hydrogens (tertiary/aromatic N) is 1. The largest absolute Gasteiger partial charge is 0.491 e. The second kappa shape index (κ2) is 11.1. The zero-order chi connectivity index (χ0) is 27.5. The predicted octanol–water partition coefficient (Wildman–Crippen LogP) is 7.33. The molecule has 1 fully saturated rings. The first kappa shape index (κ1) is 25.4. The molecule has 0 saturated carbocycles. The van der Waals surface area contributed by atoms with Crippen molar-refractivity contribution in [3.05, 3.63) is 125 Å². The van der Waals surface area contributed by atoms with Gasteiger partial charge in [0, 0.05) is 10.9 Å². The molecule has 1 aliphatic heterocycles. The molecule has 0 N–H and O–H groups in total. The maximum Gasteiger partial charge on any atom is 0.344 e. The first-order valence-electron chi connectivity index (χ1n) is 12.7. The summed E-state index contributed by atoms with van der Waals surface area (Å²) in [7, 11) is 0. The third-order valence-electron chi connectivity index (χ3n) is 6.61. The Morgan fingerprint density at radius 2 is 1.35 bits per heavy atom. The van der Waals surface area contributed by atoms with Gasteiger partial charge in [-0.2, -0.15) is 0 Å². The van der Waals surface area contributed by atoms with E-state index in [4.69, 9.17) is 9.47 Å². The van der Waals surface area contributed by atoms with Crippen LogP contribution in [0.4, 0.5) is 4.79 Å². The van der Waals surface area contributed by atoms with Crippen LogP contribution >= 0.6 is 11.8 Å². The molecule has 5 aromatic rings. The fraction of sp³-hybridized carbons (Fsp3) is 0.0606. The first-order valence-corrected chi connectivity index (χ1v) is 13.5. The van der Waals surface area contributed by atoms with Gasteiger partial charge in [0.15, 0.2) is 0 Å². The normalized spacial score (nSPS) is 14.3. The van der Waals surface area contributed by atoms with Crippen molar-refractivity contribution in [2.45, 2.75) is 0 Å². The van der Waals surface area contributed by atoms with E-state index in [-0.39, 0.29) is 23.3 Å². The summed E-state index contributed by atoms with van der Waals surface area (Å²) < 4.78 is 11.7. The third kappa shape index (κ3) is 5.07. The van der Waals surface area contributed by atoms with Crippen molar-refractivity contribution in [1.82, 2.24) is 4.90 Å². The van der Waals surface area contributed by atoms with Crippen molar-refractivity contribution in [3.63, 3.8) is 0 Å². The van der Waals surface area contributed by atoms with Crippen LogP contribution < -0.4 is 9.47 Å². The Morgan fingerprint density at radius 1 is 0.725 bits per heavy atom. The van der Waals surface area contributed by atoms with E-state index in [1.807, 2.05) is 78.9 Å². The maximum absolute atomic E-state index is 13.1. The van der Waals surface area contributed by atoms with Gasteiger partial charge in [-0.05, 0) is 52.2 Å². The van der Waals surface area contributed by atoms with Crippen molar-refractivity contribution in [2.24, 2.45) is 0 Å². The first-order chi connectivity index (χ1) is 19.6. The number of fused-ring (bicyclic) bond motifs is 2. The van der Waals surface area contributed by atoms with Crippen molar-refractivity contribution in [2.75, 3.05) is 13.2 Å². The van der Waals surface area contributed by atoms with Gasteiger partial charge < -0.3 is 9.47 Å². The van der Waals surface area contributed by atoms with E-state index in [1.165, 1.54) is 4.90 Å². The molecular formula is C33H23NO5S. The summed E-state index contributed by atoms with van der Waals surface area (Å²) in [4.78, 5) is 40.4. The van der Waals surface area contributed by atoms with E-state index in [1.54, 1.807) is 36.4 Å². The standard InChI is InChI=1S/C33H23NO5S/c35-31-30(40-33(37)34(31)19-20-38-29-18-8-13-23-10-2-5-15-26(23)29)21-24-11-3-6-17-28(24)39-32(36)27-16-7-12-22-9-1-4-14-25(22)27/h1-18,21H,19-20H2/b30-21-. The minimum Gasteiger partial charge on any atom is -0.491 e. The Hall–Kier alpha value is -4.88. The molecule has 196 valence electrons. The molecule has 0 radical (unpaired) electrons. The highest BCUT2D eigenvalue weighted by molar-refractivity contribution is 8.18. The molecule has 0 unspecified atom stereocenters. The summed E-state index contributed by atoms with van der Waals surface area (Å²) >= 11 is 0.854. The van der Waals surface area contributed by atoms with Crippen molar-refractivity contribution >= 4 is 56.5 Å². The molecule has 40 heavy (non-hydrogen) atoms. The van der Waals surface area contributed by atoms with Crippen LogP contribution in [0.1, 0.15) is 15.9 Å². The van der Waals surface area contributed by atoms with Gasteiger partial charge in [-0.1, -0.05) is 91.0 Å². The molecule has 0 spiro atoms. The number of rotatable bonds is 7. The maximum atomic E-state index is 13.1. The number of carbonyl (C=O) groups excluding carboxylic acids is 3. The minimum atomic E-state index is -0.503. The number of ether oxygens (including phenoxy) is 2. The van der Waals surface area contributed by atoms with Crippen LogP contribution in [-0.2, 0) is 4.79 Å². The molecule has 1 aliphatic rings. The van der Waals surface area contributed by atoms with Gasteiger partial charge in [0.2, 0.25) is 0 Å². The van der Waals surface area contributed by atoms with Crippen molar-refractivity contribution < 1.29 is 23.9 Å². The molecule has 0 aromatic heterocycles. The van der Waals surface area contributed by atoms with Crippen molar-refractivity contribution in [1.29, 1.82) is 0 Å². The van der Waals surface area contributed by atoms with Gasteiger partial charge in [-0.25, -0.2) is 4.79 Å². The Labute approximate surface area is 234 Å². The smallest absolute Gasteiger partial charge is 0.344 e. The minimum absolute atomic E-state index is 0.114.